The molecule has 0 aliphatic carbocycles. The number of halogens is 1. The van der Waals surface area contributed by atoms with Crippen molar-refractivity contribution in [3.63, 3.8) is 0 Å². The van der Waals surface area contributed by atoms with E-state index in [0.717, 1.165) is 5.56 Å². The first-order valence-electron chi connectivity index (χ1n) is 9.13. The number of hydrogen-bond acceptors (Lipinski definition) is 4. The molecule has 0 radical (unpaired) electrons. The molecule has 3 aromatic carbocycles. The minimum atomic E-state index is -1.00. The Morgan fingerprint density at radius 1 is 1.00 bits per heavy atom. The zero-order chi connectivity index (χ0) is 21.7. The molecule has 0 saturated heterocycles. The van der Waals surface area contributed by atoms with E-state index in [-0.39, 0.29) is 23.1 Å². The van der Waals surface area contributed by atoms with E-state index in [9.17, 15) is 9.59 Å². The van der Waals surface area contributed by atoms with Crippen molar-refractivity contribution in [3.8, 4) is 17.2 Å². The predicted molar refractivity (Wildman–Crippen MR) is 114 cm³/mol. The number of carboxylic acid groups (broad SMARTS) is 1. The van der Waals surface area contributed by atoms with Gasteiger partial charge in [0.05, 0.1) is 24.3 Å². The number of nitrogens with one attached hydrogen (secondary N) is 1. The number of carboxylic acids is 1. The van der Waals surface area contributed by atoms with Gasteiger partial charge in [0.25, 0.3) is 5.91 Å². The number of carbonyl (C=O) groups excluding carboxylic acids is 1. The predicted octanol–water partition coefficient (Wildman–Crippen LogP) is 5.33. The first kappa shape index (κ1) is 21.2. The third-order valence-electron chi connectivity index (χ3n) is 4.46. The SMILES string of the molecule is COc1cccc(Oc2ccc(Cl)cc2C(=O)N[C@@H](C)c2ccc(C(=O)O)cc2)c1. The van der Waals surface area contributed by atoms with Gasteiger partial charge in [0.2, 0.25) is 0 Å². The summed E-state index contributed by atoms with van der Waals surface area (Å²) in [4.78, 5) is 23.9. The monoisotopic (exact) mass is 425 g/mol. The van der Waals surface area contributed by atoms with Crippen LogP contribution >= 0.6 is 11.6 Å². The van der Waals surface area contributed by atoms with Crippen molar-refractivity contribution in [2.45, 2.75) is 13.0 Å². The highest BCUT2D eigenvalue weighted by atomic mass is 35.5. The summed E-state index contributed by atoms with van der Waals surface area (Å²) in [6.07, 6.45) is 0. The highest BCUT2D eigenvalue weighted by molar-refractivity contribution is 6.31. The van der Waals surface area contributed by atoms with Crippen LogP contribution < -0.4 is 14.8 Å². The van der Waals surface area contributed by atoms with Crippen LogP contribution in [0.25, 0.3) is 0 Å². The van der Waals surface area contributed by atoms with E-state index < -0.39 is 5.97 Å². The summed E-state index contributed by atoms with van der Waals surface area (Å²) in [6.45, 7) is 1.81. The molecule has 0 spiro atoms. The number of amides is 1. The number of ether oxygens (including phenoxy) is 2. The van der Waals surface area contributed by atoms with Crippen LogP contribution in [-0.4, -0.2) is 24.1 Å². The lowest BCUT2D eigenvalue weighted by molar-refractivity contribution is 0.0696. The number of aromatic carboxylic acids is 1. The summed E-state index contributed by atoms with van der Waals surface area (Å²) in [6, 6.07) is 17.8. The molecular weight excluding hydrogens is 406 g/mol. The van der Waals surface area contributed by atoms with Gasteiger partial charge in [-0.2, -0.15) is 0 Å². The molecule has 0 aromatic heterocycles. The van der Waals surface area contributed by atoms with Crippen molar-refractivity contribution >= 4 is 23.5 Å². The van der Waals surface area contributed by atoms with Gasteiger partial charge in [0, 0.05) is 11.1 Å². The van der Waals surface area contributed by atoms with Crippen LogP contribution in [0.1, 0.15) is 39.2 Å². The van der Waals surface area contributed by atoms with E-state index in [2.05, 4.69) is 5.32 Å². The lowest BCUT2D eigenvalue weighted by atomic mass is 10.1. The summed E-state index contributed by atoms with van der Waals surface area (Å²) in [5, 5.41) is 12.3. The molecule has 3 rings (SSSR count). The Hall–Kier alpha value is -3.51. The summed E-state index contributed by atoms with van der Waals surface area (Å²) in [5.74, 6) is 0.120. The second-order valence-corrected chi connectivity index (χ2v) is 6.98. The Bertz CT molecular complexity index is 1070. The molecule has 7 heteroatoms. The average molecular weight is 426 g/mol. The molecular formula is C23H20ClNO5. The molecule has 0 aliphatic rings. The first-order valence-corrected chi connectivity index (χ1v) is 9.50. The molecule has 154 valence electrons. The van der Waals surface area contributed by atoms with Crippen molar-refractivity contribution in [2.24, 2.45) is 0 Å². The van der Waals surface area contributed by atoms with Crippen LogP contribution in [0.2, 0.25) is 5.02 Å². The maximum absolute atomic E-state index is 12.9. The standard InChI is InChI=1S/C23H20ClNO5/c1-14(15-6-8-16(9-7-15)23(27)28)25-22(26)20-12-17(24)10-11-21(20)30-19-5-3-4-18(13-19)29-2/h3-14H,1-2H3,(H,25,26)(H,27,28)/t14-/m0/s1. The van der Waals surface area contributed by atoms with E-state index in [4.69, 9.17) is 26.2 Å². The molecule has 0 fully saturated rings. The number of hydrogen-bond donors (Lipinski definition) is 2. The smallest absolute Gasteiger partial charge is 0.335 e. The van der Waals surface area contributed by atoms with E-state index in [1.54, 1.807) is 62.6 Å². The molecule has 1 atom stereocenters. The van der Waals surface area contributed by atoms with Gasteiger partial charge in [-0.25, -0.2) is 4.79 Å². The molecule has 3 aromatic rings. The van der Waals surface area contributed by atoms with Crippen LogP contribution in [0.3, 0.4) is 0 Å². The number of rotatable bonds is 7. The van der Waals surface area contributed by atoms with Crippen LogP contribution in [0, 0.1) is 0 Å². The molecule has 0 unspecified atom stereocenters. The second-order valence-electron chi connectivity index (χ2n) is 6.54. The zero-order valence-corrected chi connectivity index (χ0v) is 17.1. The van der Waals surface area contributed by atoms with Gasteiger partial charge in [-0.15, -0.1) is 0 Å². The van der Waals surface area contributed by atoms with E-state index in [1.807, 2.05) is 0 Å². The molecule has 2 N–H and O–H groups in total. The van der Waals surface area contributed by atoms with Gasteiger partial charge >= 0.3 is 5.97 Å². The summed E-state index contributed by atoms with van der Waals surface area (Å²) in [5.41, 5.74) is 1.23. The largest absolute Gasteiger partial charge is 0.497 e. The van der Waals surface area contributed by atoms with Crippen LogP contribution in [0.15, 0.2) is 66.7 Å². The summed E-state index contributed by atoms with van der Waals surface area (Å²) >= 11 is 6.10. The second kappa shape index (κ2) is 9.33. The lowest BCUT2D eigenvalue weighted by Crippen LogP contribution is -2.27. The van der Waals surface area contributed by atoms with Crippen molar-refractivity contribution in [2.75, 3.05) is 7.11 Å². The van der Waals surface area contributed by atoms with Crippen molar-refractivity contribution in [1.82, 2.24) is 5.32 Å². The lowest BCUT2D eigenvalue weighted by Gasteiger charge is -2.17. The van der Waals surface area contributed by atoms with Crippen molar-refractivity contribution in [1.29, 1.82) is 0 Å². The molecule has 0 heterocycles. The van der Waals surface area contributed by atoms with E-state index in [0.29, 0.717) is 22.3 Å². The van der Waals surface area contributed by atoms with Crippen molar-refractivity contribution in [3.05, 3.63) is 88.4 Å². The quantitative estimate of drug-likeness (QED) is 0.534. The molecule has 1 amide bonds. The van der Waals surface area contributed by atoms with Crippen LogP contribution in [0.4, 0.5) is 0 Å². The van der Waals surface area contributed by atoms with Crippen molar-refractivity contribution < 1.29 is 24.2 Å². The molecule has 30 heavy (non-hydrogen) atoms. The Balaban J connectivity index is 1.80. The maximum Gasteiger partial charge on any atom is 0.335 e. The number of carbonyl (C=O) groups is 2. The van der Waals surface area contributed by atoms with Gasteiger partial charge in [0.15, 0.2) is 0 Å². The Kier molecular flexibility index (Phi) is 6.59. The first-order chi connectivity index (χ1) is 14.4. The highest BCUT2D eigenvalue weighted by Gasteiger charge is 2.18. The van der Waals surface area contributed by atoms with E-state index >= 15 is 0 Å². The maximum atomic E-state index is 12.9. The Morgan fingerprint density at radius 3 is 2.37 bits per heavy atom. The molecule has 0 aliphatic heterocycles. The van der Waals surface area contributed by atoms with Crippen LogP contribution in [-0.2, 0) is 0 Å². The van der Waals surface area contributed by atoms with Gasteiger partial charge in [0.1, 0.15) is 17.2 Å². The number of benzene rings is 3. The summed E-state index contributed by atoms with van der Waals surface area (Å²) in [7, 11) is 1.56. The van der Waals surface area contributed by atoms with Gasteiger partial charge in [-0.1, -0.05) is 29.8 Å². The zero-order valence-electron chi connectivity index (χ0n) is 16.4. The molecule has 0 bridgehead atoms. The van der Waals surface area contributed by atoms with Gasteiger partial charge in [-0.05, 0) is 55.0 Å². The summed E-state index contributed by atoms with van der Waals surface area (Å²) < 4.78 is 11.1. The minimum Gasteiger partial charge on any atom is -0.497 e. The Morgan fingerprint density at radius 2 is 1.70 bits per heavy atom. The fourth-order valence-corrected chi connectivity index (χ4v) is 3.00. The topological polar surface area (TPSA) is 84.9 Å². The molecule has 6 nitrogen and oxygen atoms in total. The Labute approximate surface area is 179 Å². The van der Waals surface area contributed by atoms with Crippen LogP contribution in [0.5, 0.6) is 17.2 Å². The minimum absolute atomic E-state index is 0.182. The van der Waals surface area contributed by atoms with Gasteiger partial charge < -0.3 is 19.9 Å². The van der Waals surface area contributed by atoms with E-state index in [1.165, 1.54) is 18.2 Å². The normalized spacial score (nSPS) is 11.4. The fraction of sp³-hybridized carbons (Fsp3) is 0.130. The van der Waals surface area contributed by atoms with Gasteiger partial charge in [-0.3, -0.25) is 4.79 Å². The third-order valence-corrected chi connectivity index (χ3v) is 4.70. The fourth-order valence-electron chi connectivity index (χ4n) is 2.83. The third kappa shape index (κ3) is 5.10. The average Bonchev–Trinajstić information content (AvgIpc) is 2.75. The number of methoxy groups -OCH3 is 1. The highest BCUT2D eigenvalue weighted by Crippen LogP contribution is 2.30. The molecule has 0 saturated carbocycles.